The van der Waals surface area contributed by atoms with Gasteiger partial charge in [-0.15, -0.1) is 0 Å². The number of carboxylic acid groups (broad SMARTS) is 1. The molecule has 114 valence electrons. The summed E-state index contributed by atoms with van der Waals surface area (Å²) in [6, 6.07) is 6.22. The molecule has 0 saturated heterocycles. The molecule has 0 radical (unpaired) electrons. The van der Waals surface area contributed by atoms with Crippen molar-refractivity contribution in [2.45, 2.75) is 51.6 Å². The maximum absolute atomic E-state index is 12.5. The molecule has 1 saturated carbocycles. The van der Waals surface area contributed by atoms with Gasteiger partial charge in [-0.25, -0.2) is 9.59 Å². The zero-order valence-electron chi connectivity index (χ0n) is 12.6. The number of carbonyl (C=O) groups excluding carboxylic acids is 1. The van der Waals surface area contributed by atoms with Crippen LogP contribution in [0.3, 0.4) is 0 Å². The van der Waals surface area contributed by atoms with Crippen molar-refractivity contribution in [2.24, 2.45) is 5.92 Å². The van der Waals surface area contributed by atoms with Gasteiger partial charge in [0.1, 0.15) is 5.60 Å². The van der Waals surface area contributed by atoms with E-state index in [9.17, 15) is 14.7 Å². The standard InChI is InChI=1S/C17H22O4/c1-12(2)17(10-6-3-7-11-17)21-16(20)14-9-5-4-8-13(14)15(18)19/h4-5,8-9,12H,3,6-7,10-11H2,1-2H3,(H,18,19). The van der Waals surface area contributed by atoms with Gasteiger partial charge in [0.15, 0.2) is 0 Å². The molecule has 1 aromatic carbocycles. The normalized spacial score (nSPS) is 17.5. The largest absolute Gasteiger partial charge is 0.478 e. The Morgan fingerprint density at radius 2 is 1.67 bits per heavy atom. The van der Waals surface area contributed by atoms with Gasteiger partial charge in [-0.2, -0.15) is 0 Å². The number of hydrogen-bond acceptors (Lipinski definition) is 3. The molecule has 0 aliphatic heterocycles. The second kappa shape index (κ2) is 6.29. The molecule has 0 aromatic heterocycles. The number of carboxylic acids is 1. The molecular formula is C17H22O4. The Bertz CT molecular complexity index is 527. The molecule has 4 nitrogen and oxygen atoms in total. The topological polar surface area (TPSA) is 63.6 Å². The first-order valence-electron chi connectivity index (χ1n) is 7.52. The first-order valence-corrected chi connectivity index (χ1v) is 7.52. The van der Waals surface area contributed by atoms with E-state index in [-0.39, 0.29) is 17.0 Å². The maximum atomic E-state index is 12.5. The van der Waals surface area contributed by atoms with Crippen LogP contribution in [0.5, 0.6) is 0 Å². The van der Waals surface area contributed by atoms with Crippen molar-refractivity contribution < 1.29 is 19.4 Å². The van der Waals surface area contributed by atoms with Crippen LogP contribution in [0.2, 0.25) is 0 Å². The summed E-state index contributed by atoms with van der Waals surface area (Å²) in [6.45, 7) is 4.11. The van der Waals surface area contributed by atoms with Crippen LogP contribution in [0.25, 0.3) is 0 Å². The monoisotopic (exact) mass is 290 g/mol. The summed E-state index contributed by atoms with van der Waals surface area (Å²) in [5, 5.41) is 9.19. The van der Waals surface area contributed by atoms with Crippen LogP contribution in [-0.4, -0.2) is 22.6 Å². The molecule has 0 bridgehead atoms. The number of hydrogen-bond donors (Lipinski definition) is 1. The number of esters is 1. The van der Waals surface area contributed by atoms with Crippen LogP contribution >= 0.6 is 0 Å². The smallest absolute Gasteiger partial charge is 0.339 e. The minimum atomic E-state index is -1.11. The Kier molecular flexibility index (Phi) is 4.66. The molecule has 1 fully saturated rings. The Balaban J connectivity index is 2.26. The number of aromatic carboxylic acids is 1. The highest BCUT2D eigenvalue weighted by atomic mass is 16.6. The summed E-state index contributed by atoms with van der Waals surface area (Å²) in [5.74, 6) is -1.41. The second-order valence-electron chi connectivity index (χ2n) is 6.02. The predicted molar refractivity (Wildman–Crippen MR) is 79.5 cm³/mol. The molecule has 1 aliphatic carbocycles. The van der Waals surface area contributed by atoms with E-state index in [1.54, 1.807) is 12.1 Å². The van der Waals surface area contributed by atoms with E-state index in [1.165, 1.54) is 12.1 Å². The third-order valence-corrected chi connectivity index (χ3v) is 4.43. The zero-order valence-corrected chi connectivity index (χ0v) is 12.6. The molecule has 21 heavy (non-hydrogen) atoms. The lowest BCUT2D eigenvalue weighted by atomic mass is 9.77. The van der Waals surface area contributed by atoms with E-state index >= 15 is 0 Å². The fourth-order valence-electron chi connectivity index (χ4n) is 3.03. The van der Waals surface area contributed by atoms with Crippen LogP contribution in [0.4, 0.5) is 0 Å². The first-order chi connectivity index (χ1) is 9.96. The average molecular weight is 290 g/mol. The fraction of sp³-hybridized carbons (Fsp3) is 0.529. The van der Waals surface area contributed by atoms with Crippen molar-refractivity contribution in [1.29, 1.82) is 0 Å². The Morgan fingerprint density at radius 1 is 1.10 bits per heavy atom. The van der Waals surface area contributed by atoms with Crippen LogP contribution in [0.1, 0.15) is 66.7 Å². The summed E-state index contributed by atoms with van der Waals surface area (Å²) in [7, 11) is 0. The average Bonchev–Trinajstić information content (AvgIpc) is 2.48. The van der Waals surface area contributed by atoms with Gasteiger partial charge in [0.25, 0.3) is 0 Å². The molecule has 0 amide bonds. The Hall–Kier alpha value is -1.84. The van der Waals surface area contributed by atoms with Crippen LogP contribution < -0.4 is 0 Å². The second-order valence-corrected chi connectivity index (χ2v) is 6.02. The van der Waals surface area contributed by atoms with Crippen molar-refractivity contribution in [3.63, 3.8) is 0 Å². The molecule has 0 atom stereocenters. The summed E-state index contributed by atoms with van der Waals surface area (Å²) in [4.78, 5) is 23.7. The minimum Gasteiger partial charge on any atom is -0.478 e. The lowest BCUT2D eigenvalue weighted by Crippen LogP contribution is -2.42. The molecular weight excluding hydrogens is 268 g/mol. The van der Waals surface area contributed by atoms with Crippen molar-refractivity contribution in [3.05, 3.63) is 35.4 Å². The summed E-state index contributed by atoms with van der Waals surface area (Å²) in [6.07, 6.45) is 4.97. The van der Waals surface area contributed by atoms with Crippen LogP contribution in [-0.2, 0) is 4.74 Å². The van der Waals surface area contributed by atoms with Gasteiger partial charge in [0.2, 0.25) is 0 Å². The van der Waals surface area contributed by atoms with Crippen LogP contribution in [0, 0.1) is 5.92 Å². The highest BCUT2D eigenvalue weighted by Gasteiger charge is 2.39. The van der Waals surface area contributed by atoms with E-state index < -0.39 is 17.5 Å². The molecule has 0 unspecified atom stereocenters. The number of ether oxygens (including phenoxy) is 1. The van der Waals surface area contributed by atoms with E-state index in [2.05, 4.69) is 13.8 Å². The quantitative estimate of drug-likeness (QED) is 0.854. The van der Waals surface area contributed by atoms with Crippen molar-refractivity contribution in [3.8, 4) is 0 Å². The minimum absolute atomic E-state index is 0.00258. The SMILES string of the molecule is CC(C)C1(OC(=O)c2ccccc2C(=O)O)CCCCC1. The van der Waals surface area contributed by atoms with Gasteiger partial charge >= 0.3 is 11.9 Å². The molecule has 0 heterocycles. The van der Waals surface area contributed by atoms with Gasteiger partial charge in [0.05, 0.1) is 11.1 Å². The third-order valence-electron chi connectivity index (χ3n) is 4.43. The fourth-order valence-corrected chi connectivity index (χ4v) is 3.03. The summed E-state index contributed by atoms with van der Waals surface area (Å²) < 4.78 is 5.82. The van der Waals surface area contributed by atoms with Gasteiger partial charge in [-0.1, -0.05) is 32.4 Å². The highest BCUT2D eigenvalue weighted by molar-refractivity contribution is 6.02. The first kappa shape index (κ1) is 15.5. The van der Waals surface area contributed by atoms with Crippen molar-refractivity contribution in [2.75, 3.05) is 0 Å². The molecule has 1 N–H and O–H groups in total. The van der Waals surface area contributed by atoms with Gasteiger partial charge in [-0.3, -0.25) is 0 Å². The van der Waals surface area contributed by atoms with Gasteiger partial charge in [0, 0.05) is 0 Å². The zero-order chi connectivity index (χ0) is 15.5. The molecule has 4 heteroatoms. The Labute approximate surface area is 125 Å². The number of benzene rings is 1. The number of rotatable bonds is 4. The van der Waals surface area contributed by atoms with E-state index in [1.807, 2.05) is 0 Å². The molecule has 1 aliphatic rings. The summed E-state index contributed by atoms with van der Waals surface area (Å²) in [5.41, 5.74) is -0.325. The lowest BCUT2D eigenvalue weighted by molar-refractivity contribution is -0.0645. The van der Waals surface area contributed by atoms with Crippen molar-refractivity contribution in [1.82, 2.24) is 0 Å². The van der Waals surface area contributed by atoms with Crippen LogP contribution in [0.15, 0.2) is 24.3 Å². The van der Waals surface area contributed by atoms with Gasteiger partial charge < -0.3 is 9.84 Å². The maximum Gasteiger partial charge on any atom is 0.339 e. The number of carbonyl (C=O) groups is 2. The molecule has 2 rings (SSSR count). The highest BCUT2D eigenvalue weighted by Crippen LogP contribution is 2.38. The van der Waals surface area contributed by atoms with E-state index in [0.717, 1.165) is 32.1 Å². The lowest BCUT2D eigenvalue weighted by Gasteiger charge is -2.40. The van der Waals surface area contributed by atoms with E-state index in [0.29, 0.717) is 0 Å². The predicted octanol–water partition coefficient (Wildman–Crippen LogP) is 3.90. The Morgan fingerprint density at radius 3 is 2.19 bits per heavy atom. The third kappa shape index (κ3) is 3.26. The molecule has 1 aromatic rings. The van der Waals surface area contributed by atoms with Crippen molar-refractivity contribution >= 4 is 11.9 Å². The summed E-state index contributed by atoms with van der Waals surface area (Å²) >= 11 is 0. The van der Waals surface area contributed by atoms with E-state index in [4.69, 9.17) is 4.74 Å². The van der Waals surface area contributed by atoms with Gasteiger partial charge in [-0.05, 0) is 43.7 Å². The molecule has 0 spiro atoms.